The van der Waals surface area contributed by atoms with Crippen LogP contribution in [0.15, 0.2) is 57.8 Å². The Hall–Kier alpha value is -1.94. The Balaban J connectivity index is 2.00. The van der Waals surface area contributed by atoms with Gasteiger partial charge in [-0.3, -0.25) is 4.79 Å². The van der Waals surface area contributed by atoms with E-state index in [4.69, 9.17) is 0 Å². The molecule has 172 valence electrons. The van der Waals surface area contributed by atoms with Crippen LogP contribution in [0, 0.1) is 5.92 Å². The van der Waals surface area contributed by atoms with Gasteiger partial charge in [-0.15, -0.1) is 11.3 Å². The van der Waals surface area contributed by atoms with E-state index in [9.17, 15) is 18.3 Å². The Morgan fingerprint density at radius 3 is 2.53 bits per heavy atom. The zero-order chi connectivity index (χ0) is 23.3. The molecule has 1 heterocycles. The van der Waals surface area contributed by atoms with Crippen molar-refractivity contribution in [2.24, 2.45) is 5.92 Å². The van der Waals surface area contributed by atoms with E-state index in [-0.39, 0.29) is 11.4 Å². The number of carboxylic acids is 1. The maximum atomic E-state index is 13.7. The third-order valence-corrected chi connectivity index (χ3v) is 9.12. The van der Waals surface area contributed by atoms with Gasteiger partial charge >= 0.3 is 5.97 Å². The van der Waals surface area contributed by atoms with Crippen molar-refractivity contribution < 1.29 is 18.3 Å². The molecule has 1 N–H and O–H groups in total. The molecule has 3 rings (SSSR count). The van der Waals surface area contributed by atoms with Gasteiger partial charge in [-0.1, -0.05) is 69.3 Å². The molecule has 0 fully saturated rings. The molecule has 1 aromatic heterocycles. The van der Waals surface area contributed by atoms with Crippen molar-refractivity contribution in [1.82, 2.24) is 9.29 Å². The number of hydrogen-bond donors (Lipinski definition) is 1. The Morgan fingerprint density at radius 2 is 1.91 bits per heavy atom. The molecule has 0 amide bonds. The van der Waals surface area contributed by atoms with Crippen LogP contribution >= 0.6 is 23.1 Å². The predicted molar refractivity (Wildman–Crippen MR) is 131 cm³/mol. The predicted octanol–water partition coefficient (Wildman–Crippen LogP) is 5.49. The largest absolute Gasteiger partial charge is 0.480 e. The average molecular weight is 493 g/mol. The van der Waals surface area contributed by atoms with Crippen LogP contribution in [0.4, 0.5) is 0 Å². The van der Waals surface area contributed by atoms with Crippen molar-refractivity contribution >= 4 is 49.3 Å². The monoisotopic (exact) mass is 492 g/mol. The van der Waals surface area contributed by atoms with Gasteiger partial charge < -0.3 is 5.11 Å². The zero-order valence-electron chi connectivity index (χ0n) is 18.4. The van der Waals surface area contributed by atoms with Gasteiger partial charge in [-0.05, 0) is 36.1 Å². The van der Waals surface area contributed by atoms with E-state index in [2.05, 4.69) is 11.9 Å². The van der Waals surface area contributed by atoms with Gasteiger partial charge in [-0.25, -0.2) is 13.4 Å². The molecule has 0 aliphatic rings. The van der Waals surface area contributed by atoms with Gasteiger partial charge in [0.05, 0.1) is 15.1 Å². The summed E-state index contributed by atoms with van der Waals surface area (Å²) >= 11 is 3.14. The number of benzene rings is 2. The highest BCUT2D eigenvalue weighted by Crippen LogP contribution is 2.33. The van der Waals surface area contributed by atoms with Gasteiger partial charge in [0.1, 0.15) is 6.04 Å². The molecule has 9 heteroatoms. The standard InChI is InChI=1S/C23H28N2O4S3/c1-4-5-13-30-23-24-19-12-11-18(14-20(19)31-23)32(28,29)25(21(16(2)3)22(26)27)15-17-9-7-6-8-10-17/h6-12,14,16,21H,4-5,13,15H2,1-3H3,(H,26,27)/t21-/m1/s1. The normalized spacial score (nSPS) is 13.2. The minimum atomic E-state index is -4.07. The first kappa shape index (κ1) is 24.7. The summed E-state index contributed by atoms with van der Waals surface area (Å²) in [5.41, 5.74) is 1.48. The number of fused-ring (bicyclic) bond motifs is 1. The van der Waals surface area contributed by atoms with Gasteiger partial charge in [0.15, 0.2) is 4.34 Å². The molecular weight excluding hydrogens is 464 g/mol. The second-order valence-electron chi connectivity index (χ2n) is 7.87. The summed E-state index contributed by atoms with van der Waals surface area (Å²) in [6, 6.07) is 12.7. The number of aliphatic carboxylic acids is 1. The van der Waals surface area contributed by atoms with E-state index in [1.165, 1.54) is 17.4 Å². The van der Waals surface area contributed by atoms with Gasteiger partial charge in [-0.2, -0.15) is 4.31 Å². The average Bonchev–Trinajstić information content (AvgIpc) is 3.15. The van der Waals surface area contributed by atoms with Gasteiger partial charge in [0.25, 0.3) is 0 Å². The Labute approximate surface area is 197 Å². The van der Waals surface area contributed by atoms with E-state index in [0.29, 0.717) is 0 Å². The number of carboxylic acid groups (broad SMARTS) is 1. The number of thiazole rings is 1. The van der Waals surface area contributed by atoms with Crippen LogP contribution in [0.5, 0.6) is 0 Å². The molecule has 1 atom stereocenters. The number of rotatable bonds is 11. The molecule has 32 heavy (non-hydrogen) atoms. The molecule has 3 aromatic rings. The maximum Gasteiger partial charge on any atom is 0.322 e. The number of aromatic nitrogens is 1. The maximum absolute atomic E-state index is 13.7. The van der Waals surface area contributed by atoms with E-state index in [0.717, 1.165) is 43.0 Å². The quantitative estimate of drug-likeness (QED) is 0.281. The molecule has 0 unspecified atom stereocenters. The van der Waals surface area contributed by atoms with Crippen molar-refractivity contribution in [3.8, 4) is 0 Å². The number of thioether (sulfide) groups is 1. The number of nitrogens with zero attached hydrogens (tertiary/aromatic N) is 2. The van der Waals surface area contributed by atoms with E-state index in [1.54, 1.807) is 49.9 Å². The Morgan fingerprint density at radius 1 is 1.19 bits per heavy atom. The van der Waals surface area contributed by atoms with Crippen LogP contribution in [-0.2, 0) is 21.4 Å². The summed E-state index contributed by atoms with van der Waals surface area (Å²) in [5.74, 6) is -0.589. The molecule has 0 saturated carbocycles. The molecular formula is C23H28N2O4S3. The highest BCUT2D eigenvalue weighted by atomic mass is 32.2. The topological polar surface area (TPSA) is 87.6 Å². The lowest BCUT2D eigenvalue weighted by Crippen LogP contribution is -2.47. The highest BCUT2D eigenvalue weighted by Gasteiger charge is 2.38. The molecule has 0 radical (unpaired) electrons. The van der Waals surface area contributed by atoms with Crippen LogP contribution in [-0.4, -0.2) is 40.6 Å². The van der Waals surface area contributed by atoms with Crippen molar-refractivity contribution in [2.75, 3.05) is 5.75 Å². The first-order valence-electron chi connectivity index (χ1n) is 10.6. The lowest BCUT2D eigenvalue weighted by molar-refractivity contribution is -0.143. The van der Waals surface area contributed by atoms with Crippen LogP contribution in [0.2, 0.25) is 0 Å². The highest BCUT2D eigenvalue weighted by molar-refractivity contribution is 8.01. The first-order valence-corrected chi connectivity index (χ1v) is 13.8. The Kier molecular flexibility index (Phi) is 8.32. The molecule has 6 nitrogen and oxygen atoms in total. The lowest BCUT2D eigenvalue weighted by Gasteiger charge is -2.30. The summed E-state index contributed by atoms with van der Waals surface area (Å²) in [4.78, 5) is 16.8. The van der Waals surface area contributed by atoms with E-state index >= 15 is 0 Å². The van der Waals surface area contributed by atoms with E-state index in [1.807, 2.05) is 18.2 Å². The van der Waals surface area contributed by atoms with Crippen LogP contribution in [0.1, 0.15) is 39.2 Å². The molecule has 0 saturated heterocycles. The van der Waals surface area contributed by atoms with Gasteiger partial charge in [0.2, 0.25) is 10.0 Å². The third-order valence-electron chi connectivity index (χ3n) is 5.05. The number of sulfonamides is 1. The van der Waals surface area contributed by atoms with Crippen molar-refractivity contribution in [3.05, 3.63) is 54.1 Å². The fraction of sp³-hybridized carbons (Fsp3) is 0.391. The molecule has 0 bridgehead atoms. The summed E-state index contributed by atoms with van der Waals surface area (Å²) in [6.07, 6.45) is 2.21. The summed E-state index contributed by atoms with van der Waals surface area (Å²) in [5, 5.41) is 9.86. The first-order chi connectivity index (χ1) is 15.2. The minimum Gasteiger partial charge on any atom is -0.480 e. The van der Waals surface area contributed by atoms with Crippen LogP contribution in [0.25, 0.3) is 10.2 Å². The second kappa shape index (κ2) is 10.8. The number of carbonyl (C=O) groups is 1. The molecule has 0 spiro atoms. The second-order valence-corrected chi connectivity index (χ2v) is 12.1. The van der Waals surface area contributed by atoms with E-state index < -0.39 is 28.0 Å². The molecule has 0 aliphatic heterocycles. The minimum absolute atomic E-state index is 0.0167. The van der Waals surface area contributed by atoms with Crippen LogP contribution in [0.3, 0.4) is 0 Å². The SMILES string of the molecule is CCCCSc1nc2ccc(S(=O)(=O)N(Cc3ccccc3)[C@@H](C(=O)O)C(C)C)cc2s1. The smallest absolute Gasteiger partial charge is 0.322 e. The van der Waals surface area contributed by atoms with Crippen molar-refractivity contribution in [1.29, 1.82) is 0 Å². The number of unbranched alkanes of at least 4 members (excludes halogenated alkanes) is 1. The third kappa shape index (κ3) is 5.70. The summed E-state index contributed by atoms with van der Waals surface area (Å²) in [7, 11) is -4.07. The zero-order valence-corrected chi connectivity index (χ0v) is 20.8. The number of hydrogen-bond acceptors (Lipinski definition) is 6. The summed E-state index contributed by atoms with van der Waals surface area (Å²) < 4.78 is 30.2. The fourth-order valence-electron chi connectivity index (χ4n) is 3.38. The lowest BCUT2D eigenvalue weighted by atomic mass is 10.0. The van der Waals surface area contributed by atoms with Gasteiger partial charge in [0, 0.05) is 12.3 Å². The van der Waals surface area contributed by atoms with Crippen molar-refractivity contribution in [2.45, 2.75) is 55.4 Å². The molecule has 2 aromatic carbocycles. The molecule has 0 aliphatic carbocycles. The van der Waals surface area contributed by atoms with Crippen molar-refractivity contribution in [3.63, 3.8) is 0 Å². The summed E-state index contributed by atoms with van der Waals surface area (Å²) in [6.45, 7) is 5.56. The Bertz CT molecular complexity index is 1160. The fourth-order valence-corrected chi connectivity index (χ4v) is 7.45. The van der Waals surface area contributed by atoms with Crippen LogP contribution < -0.4 is 0 Å².